The van der Waals surface area contributed by atoms with Crippen LogP contribution in [0.2, 0.25) is 0 Å². The van der Waals surface area contributed by atoms with E-state index in [0.29, 0.717) is 0 Å². The molecule has 0 aliphatic carbocycles. The Balaban J connectivity index is 0.00000100. The number of hydrogen-bond acceptors (Lipinski definition) is 4. The SMILES string of the molecule is CC.CC.CC(C)(C)n1ncc(-c2nc(CC(=O)N3CCCC3c3ccccc3)cs2)c1-c1ccc(F)cc1. The first kappa shape index (κ1) is 30.2. The zero-order valence-corrected chi connectivity index (χ0v) is 25.1. The van der Waals surface area contributed by atoms with Crippen LogP contribution in [0, 0.1) is 5.82 Å². The van der Waals surface area contributed by atoms with E-state index in [0.717, 1.165) is 46.9 Å². The van der Waals surface area contributed by atoms with E-state index in [1.807, 2.05) is 67.1 Å². The first-order valence-corrected chi connectivity index (χ1v) is 14.8. The molecule has 4 aromatic rings. The van der Waals surface area contributed by atoms with E-state index in [1.165, 1.54) is 29.0 Å². The maximum Gasteiger partial charge on any atom is 0.229 e. The first-order valence-electron chi connectivity index (χ1n) is 13.9. The molecule has 0 saturated carbocycles. The molecule has 0 radical (unpaired) electrons. The van der Waals surface area contributed by atoms with Gasteiger partial charge in [0.1, 0.15) is 10.8 Å². The highest BCUT2D eigenvalue weighted by Gasteiger charge is 2.30. The minimum atomic E-state index is -0.275. The van der Waals surface area contributed by atoms with Crippen molar-refractivity contribution >= 4 is 17.2 Å². The van der Waals surface area contributed by atoms with Crippen LogP contribution in [0.5, 0.6) is 0 Å². The quantitative estimate of drug-likeness (QED) is 0.251. The van der Waals surface area contributed by atoms with Crippen molar-refractivity contribution in [2.24, 2.45) is 0 Å². The average Bonchev–Trinajstić information content (AvgIpc) is 3.71. The van der Waals surface area contributed by atoms with Crippen molar-refractivity contribution in [3.05, 3.63) is 83.2 Å². The molecular formula is C32H41FN4OS. The van der Waals surface area contributed by atoms with Crippen LogP contribution in [0.4, 0.5) is 4.39 Å². The van der Waals surface area contributed by atoms with Crippen LogP contribution >= 0.6 is 11.3 Å². The molecule has 0 spiro atoms. The normalized spacial score (nSPS) is 14.8. The Morgan fingerprint density at radius 3 is 2.33 bits per heavy atom. The summed E-state index contributed by atoms with van der Waals surface area (Å²) in [5.74, 6) is -0.166. The lowest BCUT2D eigenvalue weighted by Crippen LogP contribution is -2.31. The second-order valence-electron chi connectivity index (χ2n) is 9.97. The molecule has 2 aromatic carbocycles. The first-order chi connectivity index (χ1) is 18.8. The van der Waals surface area contributed by atoms with Crippen LogP contribution in [0.1, 0.15) is 78.6 Å². The third kappa shape index (κ3) is 7.01. The molecule has 1 fully saturated rings. The van der Waals surface area contributed by atoms with Gasteiger partial charge in [0.15, 0.2) is 0 Å². The van der Waals surface area contributed by atoms with E-state index < -0.39 is 0 Å². The largest absolute Gasteiger partial charge is 0.335 e. The van der Waals surface area contributed by atoms with Crippen molar-refractivity contribution in [1.82, 2.24) is 19.7 Å². The van der Waals surface area contributed by atoms with Crippen LogP contribution in [0.25, 0.3) is 21.8 Å². The maximum absolute atomic E-state index is 13.6. The molecule has 1 aliphatic heterocycles. The lowest BCUT2D eigenvalue weighted by atomic mass is 10.0. The lowest BCUT2D eigenvalue weighted by Gasteiger charge is -2.25. The fourth-order valence-electron chi connectivity index (χ4n) is 4.75. The van der Waals surface area contributed by atoms with Crippen LogP contribution in [-0.4, -0.2) is 32.1 Å². The summed E-state index contributed by atoms with van der Waals surface area (Å²) in [6.07, 6.45) is 4.10. The van der Waals surface area contributed by atoms with Gasteiger partial charge in [0, 0.05) is 17.5 Å². The smallest absolute Gasteiger partial charge is 0.229 e. The molecule has 5 rings (SSSR count). The number of likely N-dealkylation sites (tertiary alicyclic amines) is 1. The number of halogens is 1. The number of carbonyl (C=O) groups is 1. The minimum Gasteiger partial charge on any atom is -0.335 e. The molecule has 2 aromatic heterocycles. The van der Waals surface area contributed by atoms with E-state index in [4.69, 9.17) is 4.98 Å². The molecule has 5 nitrogen and oxygen atoms in total. The molecule has 0 N–H and O–H groups in total. The highest BCUT2D eigenvalue weighted by Crippen LogP contribution is 2.37. The Labute approximate surface area is 236 Å². The van der Waals surface area contributed by atoms with Gasteiger partial charge in [-0.05, 0) is 63.4 Å². The Hall–Kier alpha value is -3.32. The van der Waals surface area contributed by atoms with Crippen LogP contribution < -0.4 is 0 Å². The highest BCUT2D eigenvalue weighted by molar-refractivity contribution is 7.13. The molecular weight excluding hydrogens is 507 g/mol. The fourth-order valence-corrected chi connectivity index (χ4v) is 5.58. The molecule has 0 bridgehead atoms. The summed E-state index contributed by atoms with van der Waals surface area (Å²) in [4.78, 5) is 20.1. The van der Waals surface area contributed by atoms with Gasteiger partial charge in [0.2, 0.25) is 5.91 Å². The number of nitrogens with zero attached hydrogens (tertiary/aromatic N) is 4. The average molecular weight is 549 g/mol. The molecule has 1 atom stereocenters. The van der Waals surface area contributed by atoms with Gasteiger partial charge in [0.25, 0.3) is 0 Å². The van der Waals surface area contributed by atoms with Crippen molar-refractivity contribution in [3.63, 3.8) is 0 Å². The summed E-state index contributed by atoms with van der Waals surface area (Å²) in [5.41, 5.74) is 4.36. The fraction of sp³-hybridized carbons (Fsp3) is 0.406. The second kappa shape index (κ2) is 13.7. The number of carbonyl (C=O) groups excluding carboxylic acids is 1. The molecule has 208 valence electrons. The third-order valence-corrected chi connectivity index (χ3v) is 7.32. The Bertz CT molecular complexity index is 1320. The van der Waals surface area contributed by atoms with Gasteiger partial charge < -0.3 is 4.90 Å². The Morgan fingerprint density at radius 2 is 1.69 bits per heavy atom. The molecule has 39 heavy (non-hydrogen) atoms. The van der Waals surface area contributed by atoms with E-state index in [2.05, 4.69) is 38.0 Å². The van der Waals surface area contributed by atoms with Crippen LogP contribution in [0.15, 0.2) is 66.2 Å². The molecule has 1 aliphatic rings. The summed E-state index contributed by atoms with van der Waals surface area (Å²) in [6, 6.07) is 16.9. The van der Waals surface area contributed by atoms with Crippen LogP contribution in [-0.2, 0) is 16.8 Å². The third-order valence-electron chi connectivity index (χ3n) is 6.39. The molecule has 7 heteroatoms. The predicted octanol–water partition coefficient (Wildman–Crippen LogP) is 8.53. The minimum absolute atomic E-state index is 0.109. The summed E-state index contributed by atoms with van der Waals surface area (Å²) >= 11 is 1.51. The summed E-state index contributed by atoms with van der Waals surface area (Å²) in [5, 5.41) is 7.42. The monoisotopic (exact) mass is 548 g/mol. The van der Waals surface area contributed by atoms with Gasteiger partial charge in [-0.2, -0.15) is 5.10 Å². The second-order valence-corrected chi connectivity index (χ2v) is 10.8. The number of aromatic nitrogens is 3. The Morgan fingerprint density at radius 1 is 1.03 bits per heavy atom. The van der Waals surface area contributed by atoms with E-state index in [9.17, 15) is 9.18 Å². The van der Waals surface area contributed by atoms with Gasteiger partial charge >= 0.3 is 0 Å². The van der Waals surface area contributed by atoms with Gasteiger partial charge in [-0.3, -0.25) is 9.48 Å². The molecule has 1 amide bonds. The van der Waals surface area contributed by atoms with E-state index >= 15 is 0 Å². The predicted molar refractivity (Wildman–Crippen MR) is 160 cm³/mol. The van der Waals surface area contributed by atoms with Crippen molar-refractivity contribution in [1.29, 1.82) is 0 Å². The van der Waals surface area contributed by atoms with Gasteiger partial charge in [-0.15, -0.1) is 11.3 Å². The molecule has 3 heterocycles. The van der Waals surface area contributed by atoms with Gasteiger partial charge in [-0.1, -0.05) is 58.0 Å². The van der Waals surface area contributed by atoms with E-state index in [1.54, 1.807) is 12.1 Å². The molecule has 1 unspecified atom stereocenters. The summed E-state index contributed by atoms with van der Waals surface area (Å²) in [6.45, 7) is 15.0. The van der Waals surface area contributed by atoms with Crippen molar-refractivity contribution < 1.29 is 9.18 Å². The van der Waals surface area contributed by atoms with Gasteiger partial charge in [0.05, 0.1) is 41.1 Å². The lowest BCUT2D eigenvalue weighted by molar-refractivity contribution is -0.131. The van der Waals surface area contributed by atoms with Gasteiger partial charge in [-0.25, -0.2) is 9.37 Å². The topological polar surface area (TPSA) is 51.0 Å². The standard InChI is InChI=1S/C28H29FN4OS.2C2H6/c1-28(2,3)33-26(20-11-13-21(29)14-12-20)23(17-30-33)27-31-22(18-35-27)16-25(34)32-15-7-10-24(32)19-8-5-4-6-9-19;2*1-2/h4-6,8-9,11-14,17-18,24H,7,10,15-16H2,1-3H3;2*1-2H3. The van der Waals surface area contributed by atoms with Crippen molar-refractivity contribution in [3.8, 4) is 21.8 Å². The number of benzene rings is 2. The zero-order chi connectivity index (χ0) is 28.6. The van der Waals surface area contributed by atoms with E-state index in [-0.39, 0.29) is 29.7 Å². The van der Waals surface area contributed by atoms with Crippen molar-refractivity contribution in [2.45, 2.75) is 79.3 Å². The number of rotatable bonds is 5. The summed E-state index contributed by atoms with van der Waals surface area (Å²) < 4.78 is 15.6. The Kier molecular flexibility index (Phi) is 10.6. The zero-order valence-electron chi connectivity index (χ0n) is 24.2. The number of thiazole rings is 1. The summed E-state index contributed by atoms with van der Waals surface area (Å²) in [7, 11) is 0. The van der Waals surface area contributed by atoms with Crippen LogP contribution in [0.3, 0.4) is 0 Å². The van der Waals surface area contributed by atoms with Crippen molar-refractivity contribution in [2.75, 3.05) is 6.54 Å². The number of amides is 1. The number of hydrogen-bond donors (Lipinski definition) is 0. The molecule has 1 saturated heterocycles. The maximum atomic E-state index is 13.6. The highest BCUT2D eigenvalue weighted by atomic mass is 32.1.